The maximum Gasteiger partial charge on any atom is 0.256 e. The van der Waals surface area contributed by atoms with Crippen molar-refractivity contribution in [1.82, 2.24) is 5.06 Å². The number of halogens is 1. The maximum absolute atomic E-state index is 12.5. The fraction of sp³-hybridized carbons (Fsp3) is 0.500. The first kappa shape index (κ1) is 12.0. The van der Waals surface area contributed by atoms with Crippen molar-refractivity contribution in [2.75, 3.05) is 13.2 Å². The molecule has 1 aliphatic heterocycles. The highest BCUT2D eigenvalue weighted by molar-refractivity contribution is 6.30. The predicted molar refractivity (Wildman–Crippen MR) is 69.3 cm³/mol. The number of amides is 1. The first-order chi connectivity index (χ1) is 8.72. The van der Waals surface area contributed by atoms with Gasteiger partial charge in [0.05, 0.1) is 12.0 Å². The van der Waals surface area contributed by atoms with Gasteiger partial charge in [0.15, 0.2) is 0 Å². The molecule has 1 aromatic carbocycles. The van der Waals surface area contributed by atoms with Gasteiger partial charge in [-0.15, -0.1) is 0 Å². The Labute approximate surface area is 112 Å². The van der Waals surface area contributed by atoms with E-state index >= 15 is 0 Å². The predicted octanol–water partition coefficient (Wildman–Crippen LogP) is 2.93. The van der Waals surface area contributed by atoms with Gasteiger partial charge in [-0.2, -0.15) is 0 Å². The quantitative estimate of drug-likeness (QED) is 0.823. The van der Waals surface area contributed by atoms with E-state index in [1.807, 2.05) is 24.3 Å². The number of carbonyl (C=O) groups excluding carboxylic acids is 1. The van der Waals surface area contributed by atoms with Crippen LogP contribution in [0.15, 0.2) is 24.3 Å². The molecule has 2 fully saturated rings. The number of benzene rings is 1. The highest BCUT2D eigenvalue weighted by Crippen LogP contribution is 2.50. The minimum atomic E-state index is -0.345. The molecule has 96 valence electrons. The third kappa shape index (κ3) is 2.02. The van der Waals surface area contributed by atoms with Crippen molar-refractivity contribution in [3.63, 3.8) is 0 Å². The van der Waals surface area contributed by atoms with Gasteiger partial charge >= 0.3 is 0 Å². The van der Waals surface area contributed by atoms with Crippen molar-refractivity contribution in [3.05, 3.63) is 34.9 Å². The fourth-order valence-corrected chi connectivity index (χ4v) is 2.64. The Bertz CT molecular complexity index is 447. The molecule has 4 heteroatoms. The van der Waals surface area contributed by atoms with Crippen LogP contribution in [0.5, 0.6) is 0 Å². The van der Waals surface area contributed by atoms with E-state index in [1.165, 1.54) is 0 Å². The van der Waals surface area contributed by atoms with E-state index < -0.39 is 0 Å². The van der Waals surface area contributed by atoms with Gasteiger partial charge in [-0.3, -0.25) is 9.63 Å². The van der Waals surface area contributed by atoms with E-state index in [2.05, 4.69) is 0 Å². The van der Waals surface area contributed by atoms with Gasteiger partial charge in [0.25, 0.3) is 5.91 Å². The van der Waals surface area contributed by atoms with Crippen LogP contribution in [0.4, 0.5) is 0 Å². The van der Waals surface area contributed by atoms with Crippen LogP contribution in [-0.2, 0) is 15.0 Å². The van der Waals surface area contributed by atoms with E-state index in [-0.39, 0.29) is 11.3 Å². The molecule has 3 nitrogen and oxygen atoms in total. The summed E-state index contributed by atoms with van der Waals surface area (Å²) in [5.74, 6) is 0.115. The molecule has 0 aromatic heterocycles. The molecule has 1 aromatic rings. The number of carbonyl (C=O) groups is 1. The van der Waals surface area contributed by atoms with Gasteiger partial charge in [0, 0.05) is 11.6 Å². The largest absolute Gasteiger partial charge is 0.272 e. The number of nitrogens with zero attached hydrogens (tertiary/aromatic N) is 1. The van der Waals surface area contributed by atoms with Gasteiger partial charge in [-0.05, 0) is 43.4 Å². The second-order valence-electron chi connectivity index (χ2n) is 5.04. The van der Waals surface area contributed by atoms with Gasteiger partial charge in [0.2, 0.25) is 0 Å². The van der Waals surface area contributed by atoms with E-state index in [0.717, 1.165) is 31.2 Å². The van der Waals surface area contributed by atoms with E-state index in [1.54, 1.807) is 5.06 Å². The fourth-order valence-electron chi connectivity index (χ4n) is 2.52. The summed E-state index contributed by atoms with van der Waals surface area (Å²) in [4.78, 5) is 18.0. The molecule has 2 aliphatic rings. The minimum absolute atomic E-state index is 0.115. The van der Waals surface area contributed by atoms with Crippen molar-refractivity contribution < 1.29 is 9.63 Å². The standard InChI is InChI=1S/C14H16ClNO2/c15-12-5-3-11(4-6-12)14(7-8-14)13(17)16-9-1-2-10-18-16/h3-6H,1-2,7-10H2. The molecule has 1 saturated heterocycles. The van der Waals surface area contributed by atoms with Crippen molar-refractivity contribution >= 4 is 17.5 Å². The van der Waals surface area contributed by atoms with Crippen molar-refractivity contribution in [3.8, 4) is 0 Å². The Hall–Kier alpha value is -1.06. The maximum atomic E-state index is 12.5. The summed E-state index contributed by atoms with van der Waals surface area (Å²) in [6, 6.07) is 7.61. The first-order valence-electron chi connectivity index (χ1n) is 6.43. The smallest absolute Gasteiger partial charge is 0.256 e. The molecule has 1 heterocycles. The second kappa shape index (κ2) is 4.56. The monoisotopic (exact) mass is 265 g/mol. The molecule has 0 atom stereocenters. The average molecular weight is 266 g/mol. The average Bonchev–Trinajstić information content (AvgIpc) is 3.21. The molecule has 0 unspecified atom stereocenters. The Morgan fingerprint density at radius 2 is 1.94 bits per heavy atom. The molecule has 0 radical (unpaired) electrons. The number of rotatable bonds is 2. The zero-order valence-corrected chi connectivity index (χ0v) is 10.9. The van der Waals surface area contributed by atoms with Crippen molar-refractivity contribution in [2.24, 2.45) is 0 Å². The summed E-state index contributed by atoms with van der Waals surface area (Å²) in [5.41, 5.74) is 0.716. The number of hydrogen-bond acceptors (Lipinski definition) is 2. The van der Waals surface area contributed by atoms with Gasteiger partial charge in [-0.25, -0.2) is 5.06 Å². The van der Waals surface area contributed by atoms with Crippen LogP contribution in [0.3, 0.4) is 0 Å². The third-order valence-electron chi connectivity index (χ3n) is 3.79. The lowest BCUT2D eigenvalue weighted by Gasteiger charge is -2.29. The van der Waals surface area contributed by atoms with Crippen molar-refractivity contribution in [2.45, 2.75) is 31.1 Å². The first-order valence-corrected chi connectivity index (χ1v) is 6.81. The van der Waals surface area contributed by atoms with E-state index in [0.29, 0.717) is 18.2 Å². The summed E-state index contributed by atoms with van der Waals surface area (Å²) in [7, 11) is 0. The SMILES string of the molecule is O=C(N1CCCCO1)C1(c2ccc(Cl)cc2)CC1. The number of hydrogen-bond donors (Lipinski definition) is 0. The Morgan fingerprint density at radius 3 is 2.50 bits per heavy atom. The lowest BCUT2D eigenvalue weighted by Crippen LogP contribution is -2.42. The summed E-state index contributed by atoms with van der Waals surface area (Å²) in [5, 5.41) is 2.27. The van der Waals surface area contributed by atoms with Crippen LogP contribution >= 0.6 is 11.6 Å². The highest BCUT2D eigenvalue weighted by atomic mass is 35.5. The molecule has 1 saturated carbocycles. The zero-order valence-electron chi connectivity index (χ0n) is 10.2. The summed E-state index contributed by atoms with van der Waals surface area (Å²) in [6.45, 7) is 1.37. The van der Waals surface area contributed by atoms with Crippen LogP contribution in [0.2, 0.25) is 5.02 Å². The molecule has 0 bridgehead atoms. The Kier molecular flexibility index (Phi) is 3.04. The van der Waals surface area contributed by atoms with Gasteiger partial charge < -0.3 is 0 Å². The van der Waals surface area contributed by atoms with E-state index in [9.17, 15) is 4.79 Å². The number of hydroxylamine groups is 2. The lowest BCUT2D eigenvalue weighted by atomic mass is 9.95. The summed E-state index contributed by atoms with van der Waals surface area (Å²) < 4.78 is 0. The van der Waals surface area contributed by atoms with Crippen LogP contribution < -0.4 is 0 Å². The van der Waals surface area contributed by atoms with E-state index in [4.69, 9.17) is 16.4 Å². The minimum Gasteiger partial charge on any atom is -0.272 e. The van der Waals surface area contributed by atoms with Gasteiger partial charge in [-0.1, -0.05) is 23.7 Å². The zero-order chi connectivity index (χ0) is 12.6. The summed E-state index contributed by atoms with van der Waals surface area (Å²) >= 11 is 5.89. The van der Waals surface area contributed by atoms with Crippen LogP contribution in [0.25, 0.3) is 0 Å². The molecule has 0 spiro atoms. The molecule has 0 N–H and O–H groups in total. The van der Waals surface area contributed by atoms with Gasteiger partial charge in [0.1, 0.15) is 0 Å². The van der Waals surface area contributed by atoms with Crippen LogP contribution in [0.1, 0.15) is 31.2 Å². The Morgan fingerprint density at radius 1 is 1.22 bits per heavy atom. The summed E-state index contributed by atoms with van der Waals surface area (Å²) in [6.07, 6.45) is 3.89. The van der Waals surface area contributed by atoms with Crippen molar-refractivity contribution in [1.29, 1.82) is 0 Å². The van der Waals surface area contributed by atoms with Crippen LogP contribution in [-0.4, -0.2) is 24.1 Å². The highest BCUT2D eigenvalue weighted by Gasteiger charge is 2.53. The topological polar surface area (TPSA) is 29.5 Å². The second-order valence-corrected chi connectivity index (χ2v) is 5.47. The molecule has 1 amide bonds. The Balaban J connectivity index is 1.81. The molecule has 1 aliphatic carbocycles. The normalized spacial score (nSPS) is 21.7. The molecule has 3 rings (SSSR count). The lowest BCUT2D eigenvalue weighted by molar-refractivity contribution is -0.199. The molecule has 18 heavy (non-hydrogen) atoms. The molecular formula is C14H16ClNO2. The molecular weight excluding hydrogens is 250 g/mol. The van der Waals surface area contributed by atoms with Crippen LogP contribution in [0, 0.1) is 0 Å². The third-order valence-corrected chi connectivity index (χ3v) is 4.04.